The van der Waals surface area contributed by atoms with Gasteiger partial charge >= 0.3 is 0 Å². The van der Waals surface area contributed by atoms with Crippen LogP contribution in [0.5, 0.6) is 0 Å². The maximum absolute atomic E-state index is 10.3. The van der Waals surface area contributed by atoms with Crippen LogP contribution in [0.1, 0.15) is 228 Å². The Bertz CT molecular complexity index is 575. The Balaban J connectivity index is -0.0000000985. The number of carbonyl (C=O) groups excluding carboxylic acids is 1. The molecule has 336 valence electrons. The molecule has 0 aliphatic carbocycles. The first-order valence-electron chi connectivity index (χ1n) is 23.1. The van der Waals surface area contributed by atoms with Crippen molar-refractivity contribution < 1.29 is 24.1 Å². The molecular weight excluding hydrogens is 669 g/mol. The van der Waals surface area contributed by atoms with E-state index in [1.54, 1.807) is 6.92 Å². The number of ether oxygens (including phenoxy) is 3. The number of hydrogen-bond acceptors (Lipinski definition) is 5. The van der Waals surface area contributed by atoms with E-state index >= 15 is 0 Å². The van der Waals surface area contributed by atoms with Gasteiger partial charge in [-0.05, 0) is 48.3 Å². The van der Waals surface area contributed by atoms with Crippen molar-refractivity contribution in [3.8, 4) is 0 Å². The van der Waals surface area contributed by atoms with Crippen LogP contribution < -0.4 is 0 Å². The highest BCUT2D eigenvalue weighted by molar-refractivity contribution is 5.75. The third kappa shape index (κ3) is 124. The van der Waals surface area contributed by atoms with E-state index in [2.05, 4.69) is 118 Å². The molecular formula is C49H110O5. The van der Waals surface area contributed by atoms with Crippen molar-refractivity contribution in [3.05, 3.63) is 0 Å². The minimum Gasteiger partial charge on any atom is -0.394 e. The summed E-state index contributed by atoms with van der Waals surface area (Å²) in [6, 6.07) is 0. The second kappa shape index (κ2) is 61.7. The summed E-state index contributed by atoms with van der Waals surface area (Å²) in [7, 11) is 0. The summed E-state index contributed by atoms with van der Waals surface area (Å²) in [5.41, 5.74) is 0. The number of hydrogen-bond donors (Lipinski definition) is 1. The predicted molar refractivity (Wildman–Crippen MR) is 247 cm³/mol. The highest BCUT2D eigenvalue weighted by Crippen LogP contribution is 2.08. The molecule has 0 rings (SSSR count). The van der Waals surface area contributed by atoms with Crippen molar-refractivity contribution in [2.45, 2.75) is 228 Å². The van der Waals surface area contributed by atoms with Crippen LogP contribution in [0.4, 0.5) is 0 Å². The van der Waals surface area contributed by atoms with Crippen molar-refractivity contribution in [1.29, 1.82) is 0 Å². The van der Waals surface area contributed by atoms with Crippen molar-refractivity contribution in [2.24, 2.45) is 41.4 Å². The zero-order valence-electron chi connectivity index (χ0n) is 41.5. The Labute approximate surface area is 345 Å². The Kier molecular flexibility index (Phi) is 78.0. The van der Waals surface area contributed by atoms with Crippen LogP contribution in [0.2, 0.25) is 0 Å². The SMILES string of the molecule is CC(=O)CC(C)C.CC(C)COCCOCCOCCO.CCC(C)C.CCCC(C)C.CCCC(C)C.CCCCC(C)C.CCCCCCC(C)C. The minimum absolute atomic E-state index is 0.0670. The molecule has 0 fully saturated rings. The van der Waals surface area contributed by atoms with E-state index in [1.807, 2.05) is 13.8 Å². The highest BCUT2D eigenvalue weighted by Gasteiger charge is 1.96. The fourth-order valence-corrected chi connectivity index (χ4v) is 4.14. The normalized spacial score (nSPS) is 10.4. The van der Waals surface area contributed by atoms with Crippen LogP contribution in [-0.4, -0.2) is 57.1 Å². The van der Waals surface area contributed by atoms with Gasteiger partial charge in [0, 0.05) is 13.0 Å². The topological polar surface area (TPSA) is 65.0 Å². The Morgan fingerprint density at radius 3 is 1.02 bits per heavy atom. The van der Waals surface area contributed by atoms with Gasteiger partial charge in [0.15, 0.2) is 0 Å². The molecule has 5 nitrogen and oxygen atoms in total. The summed E-state index contributed by atoms with van der Waals surface area (Å²) in [5.74, 6) is 5.87. The molecule has 0 heterocycles. The third-order valence-electron chi connectivity index (χ3n) is 7.45. The Morgan fingerprint density at radius 1 is 0.426 bits per heavy atom. The van der Waals surface area contributed by atoms with E-state index in [0.29, 0.717) is 44.9 Å². The number of aliphatic hydroxyl groups is 1. The van der Waals surface area contributed by atoms with Crippen molar-refractivity contribution in [1.82, 2.24) is 0 Å². The van der Waals surface area contributed by atoms with E-state index in [4.69, 9.17) is 19.3 Å². The van der Waals surface area contributed by atoms with Crippen LogP contribution in [0.3, 0.4) is 0 Å². The number of unbranched alkanes of at least 4 members (excludes halogenated alkanes) is 4. The van der Waals surface area contributed by atoms with Crippen LogP contribution in [0.25, 0.3) is 0 Å². The Hall–Kier alpha value is -0.490. The fourth-order valence-electron chi connectivity index (χ4n) is 4.14. The molecule has 0 aliphatic heterocycles. The maximum Gasteiger partial charge on any atom is 0.130 e. The van der Waals surface area contributed by atoms with E-state index in [-0.39, 0.29) is 12.4 Å². The van der Waals surface area contributed by atoms with Gasteiger partial charge in [0.25, 0.3) is 0 Å². The molecule has 0 saturated carbocycles. The van der Waals surface area contributed by atoms with Gasteiger partial charge in [-0.15, -0.1) is 0 Å². The lowest BCUT2D eigenvalue weighted by Gasteiger charge is -2.07. The summed E-state index contributed by atoms with van der Waals surface area (Å²) in [6.07, 6.45) is 18.7. The van der Waals surface area contributed by atoms with E-state index < -0.39 is 0 Å². The number of carbonyl (C=O) groups is 1. The molecule has 0 unspecified atom stereocenters. The highest BCUT2D eigenvalue weighted by atomic mass is 16.5. The molecule has 0 aromatic heterocycles. The van der Waals surface area contributed by atoms with Gasteiger partial charge in [-0.25, -0.2) is 0 Å². The van der Waals surface area contributed by atoms with Gasteiger partial charge < -0.3 is 24.1 Å². The second-order valence-electron chi connectivity index (χ2n) is 17.7. The minimum atomic E-state index is 0.0670. The van der Waals surface area contributed by atoms with Gasteiger partial charge in [0.05, 0.1) is 39.6 Å². The van der Waals surface area contributed by atoms with Crippen LogP contribution in [0.15, 0.2) is 0 Å². The maximum atomic E-state index is 10.3. The van der Waals surface area contributed by atoms with Gasteiger partial charge in [-0.1, -0.05) is 215 Å². The molecule has 0 bridgehead atoms. The summed E-state index contributed by atoms with van der Waals surface area (Å²) in [6.45, 7) is 47.2. The zero-order chi connectivity index (χ0) is 43.6. The monoisotopic (exact) mass is 779 g/mol. The van der Waals surface area contributed by atoms with E-state index in [9.17, 15) is 4.79 Å². The molecule has 54 heavy (non-hydrogen) atoms. The molecule has 0 amide bonds. The number of ketones is 1. The molecule has 0 saturated heterocycles. The van der Waals surface area contributed by atoms with Crippen molar-refractivity contribution >= 4 is 5.78 Å². The summed E-state index contributed by atoms with van der Waals surface area (Å²) >= 11 is 0. The van der Waals surface area contributed by atoms with Crippen LogP contribution >= 0.6 is 0 Å². The predicted octanol–water partition coefficient (Wildman–Crippen LogP) is 15.7. The molecule has 0 radical (unpaired) electrons. The van der Waals surface area contributed by atoms with E-state index in [0.717, 1.165) is 42.6 Å². The molecule has 0 aromatic carbocycles. The first-order valence-corrected chi connectivity index (χ1v) is 23.1. The number of Topliss-reactive ketones (excluding diaryl/α,β-unsaturated/α-hetero) is 1. The second-order valence-corrected chi connectivity index (χ2v) is 17.7. The van der Waals surface area contributed by atoms with Gasteiger partial charge in [-0.2, -0.15) is 0 Å². The van der Waals surface area contributed by atoms with Crippen LogP contribution in [0, 0.1) is 41.4 Å². The summed E-state index contributed by atoms with van der Waals surface area (Å²) in [5, 5.41) is 8.41. The van der Waals surface area contributed by atoms with Gasteiger partial charge in [0.1, 0.15) is 5.78 Å². The number of rotatable bonds is 25. The average molecular weight is 779 g/mol. The lowest BCUT2D eigenvalue weighted by atomic mass is 10.1. The van der Waals surface area contributed by atoms with Crippen LogP contribution in [-0.2, 0) is 19.0 Å². The molecule has 0 aliphatic rings. The molecule has 0 spiro atoms. The Morgan fingerprint density at radius 2 is 0.796 bits per heavy atom. The fraction of sp³-hybridized carbons (Fsp3) is 0.980. The molecule has 5 heteroatoms. The smallest absolute Gasteiger partial charge is 0.130 e. The average Bonchev–Trinajstić information content (AvgIpc) is 3.06. The molecule has 1 N–H and O–H groups in total. The first kappa shape index (κ1) is 68.2. The van der Waals surface area contributed by atoms with E-state index in [1.165, 1.54) is 83.5 Å². The summed E-state index contributed by atoms with van der Waals surface area (Å²) < 4.78 is 15.6. The lowest BCUT2D eigenvalue weighted by molar-refractivity contribution is -0.117. The molecule has 0 atom stereocenters. The van der Waals surface area contributed by atoms with Crippen molar-refractivity contribution in [3.63, 3.8) is 0 Å². The van der Waals surface area contributed by atoms with Crippen molar-refractivity contribution in [2.75, 3.05) is 46.2 Å². The molecule has 0 aromatic rings. The zero-order valence-corrected chi connectivity index (χ0v) is 41.5. The van der Waals surface area contributed by atoms with Gasteiger partial charge in [-0.3, -0.25) is 0 Å². The standard InChI is InChI=1S/C10H22O4.C9H20.C7H16.C6H12O.2C6H14.C5H12/c1-10(2)9-14-8-7-13-6-5-12-4-3-11;1-4-5-6-7-8-9(2)3;1-4-5-6-7(2)3;1-5(2)4-6(3)7;2*1-4-5-6(2)3;1-4-5(2)3/h10-11H,3-9H2,1-2H3;9H,4-8H2,1-3H3;7H,4-6H2,1-3H3;5H,4H2,1-3H3;2*6H,4-5H2,1-3H3;5H,4H2,1-3H3. The quantitative estimate of drug-likeness (QED) is 0.0935. The first-order chi connectivity index (χ1) is 25.2. The third-order valence-corrected chi connectivity index (χ3v) is 7.45. The largest absolute Gasteiger partial charge is 0.394 e. The summed E-state index contributed by atoms with van der Waals surface area (Å²) in [4.78, 5) is 10.3. The number of aliphatic hydroxyl groups excluding tert-OH is 1. The van der Waals surface area contributed by atoms with Gasteiger partial charge in [0.2, 0.25) is 0 Å². The lowest BCUT2D eigenvalue weighted by Crippen LogP contribution is -2.12.